The Balaban J connectivity index is 1.73. The second-order valence-corrected chi connectivity index (χ2v) is 6.34. The molecule has 5 nitrogen and oxygen atoms in total. The number of phenols is 2. The standard InChI is InChI=1S/C19H16N2O3S/c22-14-10-13(11-15(23)12-14)20-19(24)21-17-8-4-5-9-18(17)25-16-6-2-1-3-7-16/h1-12,22-23H,(H2,20,21,24). The third kappa shape index (κ3) is 4.68. The van der Waals surface area contributed by atoms with Gasteiger partial charge in [0.2, 0.25) is 0 Å². The Morgan fingerprint density at radius 2 is 1.44 bits per heavy atom. The zero-order valence-electron chi connectivity index (χ0n) is 13.1. The van der Waals surface area contributed by atoms with Crippen molar-refractivity contribution in [3.8, 4) is 11.5 Å². The number of urea groups is 1. The molecule has 0 fully saturated rings. The van der Waals surface area contributed by atoms with Crippen molar-refractivity contribution in [1.82, 2.24) is 0 Å². The molecule has 0 heterocycles. The summed E-state index contributed by atoms with van der Waals surface area (Å²) in [7, 11) is 0. The summed E-state index contributed by atoms with van der Waals surface area (Å²) in [5.74, 6) is -0.259. The van der Waals surface area contributed by atoms with Crippen molar-refractivity contribution in [2.45, 2.75) is 9.79 Å². The second kappa shape index (κ2) is 7.63. The average Bonchev–Trinajstić information content (AvgIpc) is 2.56. The van der Waals surface area contributed by atoms with E-state index in [4.69, 9.17) is 0 Å². The monoisotopic (exact) mass is 352 g/mol. The fourth-order valence-corrected chi connectivity index (χ4v) is 3.15. The Labute approximate surface area is 149 Å². The molecule has 0 bridgehead atoms. The van der Waals surface area contributed by atoms with Crippen molar-refractivity contribution >= 4 is 29.2 Å². The number of phenolic OH excluding ortho intramolecular Hbond substituents is 2. The van der Waals surface area contributed by atoms with Crippen LogP contribution in [0.2, 0.25) is 0 Å². The number of nitrogens with one attached hydrogen (secondary N) is 2. The largest absolute Gasteiger partial charge is 0.508 e. The van der Waals surface area contributed by atoms with Gasteiger partial charge in [-0.05, 0) is 24.3 Å². The molecule has 0 unspecified atom stereocenters. The van der Waals surface area contributed by atoms with Gasteiger partial charge in [-0.3, -0.25) is 0 Å². The summed E-state index contributed by atoms with van der Waals surface area (Å²) in [4.78, 5) is 14.2. The average molecular weight is 352 g/mol. The minimum atomic E-state index is -0.467. The molecule has 0 aliphatic carbocycles. The first-order valence-electron chi connectivity index (χ1n) is 7.53. The molecule has 25 heavy (non-hydrogen) atoms. The number of amides is 2. The normalized spacial score (nSPS) is 10.2. The van der Waals surface area contributed by atoms with Gasteiger partial charge >= 0.3 is 6.03 Å². The lowest BCUT2D eigenvalue weighted by atomic mass is 10.3. The molecule has 0 aliphatic rings. The van der Waals surface area contributed by atoms with Crippen molar-refractivity contribution in [2.75, 3.05) is 10.6 Å². The molecule has 0 spiro atoms. The lowest BCUT2D eigenvalue weighted by Gasteiger charge is -2.12. The molecule has 126 valence electrons. The molecule has 0 saturated heterocycles. The SMILES string of the molecule is O=C(Nc1cc(O)cc(O)c1)Nc1ccccc1Sc1ccccc1. The van der Waals surface area contributed by atoms with E-state index in [0.717, 1.165) is 9.79 Å². The van der Waals surface area contributed by atoms with E-state index in [1.807, 2.05) is 54.6 Å². The Bertz CT molecular complexity index is 865. The second-order valence-electron chi connectivity index (χ2n) is 5.23. The molecule has 4 N–H and O–H groups in total. The highest BCUT2D eigenvalue weighted by atomic mass is 32.2. The van der Waals surface area contributed by atoms with Crippen LogP contribution in [0.3, 0.4) is 0 Å². The van der Waals surface area contributed by atoms with Crippen molar-refractivity contribution in [3.63, 3.8) is 0 Å². The minimum Gasteiger partial charge on any atom is -0.508 e. The number of rotatable bonds is 4. The van der Waals surface area contributed by atoms with Gasteiger partial charge in [0.15, 0.2) is 0 Å². The Hall–Kier alpha value is -3.12. The fourth-order valence-electron chi connectivity index (χ4n) is 2.23. The van der Waals surface area contributed by atoms with Gasteiger partial charge in [-0.1, -0.05) is 42.1 Å². The first-order chi connectivity index (χ1) is 12.1. The Morgan fingerprint density at radius 1 is 0.800 bits per heavy atom. The van der Waals surface area contributed by atoms with E-state index < -0.39 is 6.03 Å². The fraction of sp³-hybridized carbons (Fsp3) is 0. The van der Waals surface area contributed by atoms with Crippen LogP contribution < -0.4 is 10.6 Å². The van der Waals surface area contributed by atoms with E-state index in [0.29, 0.717) is 11.4 Å². The van der Waals surface area contributed by atoms with Gasteiger partial charge in [-0.2, -0.15) is 0 Å². The third-order valence-electron chi connectivity index (χ3n) is 3.27. The summed E-state index contributed by atoms with van der Waals surface area (Å²) < 4.78 is 0. The van der Waals surface area contributed by atoms with Crippen LogP contribution in [0.5, 0.6) is 11.5 Å². The molecule has 3 aromatic carbocycles. The molecule has 0 saturated carbocycles. The van der Waals surface area contributed by atoms with Crippen LogP contribution in [-0.4, -0.2) is 16.2 Å². The number of anilines is 2. The lowest BCUT2D eigenvalue weighted by Crippen LogP contribution is -2.19. The van der Waals surface area contributed by atoms with Crippen molar-refractivity contribution in [2.24, 2.45) is 0 Å². The molecule has 3 rings (SSSR count). The topological polar surface area (TPSA) is 81.6 Å². The van der Waals surface area contributed by atoms with Gasteiger partial charge in [0, 0.05) is 33.7 Å². The quantitative estimate of drug-likeness (QED) is 0.539. The van der Waals surface area contributed by atoms with Gasteiger partial charge in [0.05, 0.1) is 5.69 Å². The lowest BCUT2D eigenvalue weighted by molar-refractivity contribution is 0.262. The number of para-hydroxylation sites is 1. The van der Waals surface area contributed by atoms with Crippen LogP contribution in [0.15, 0.2) is 82.6 Å². The molecule has 0 aromatic heterocycles. The van der Waals surface area contributed by atoms with Crippen LogP contribution in [0.4, 0.5) is 16.2 Å². The van der Waals surface area contributed by atoms with E-state index in [-0.39, 0.29) is 11.5 Å². The van der Waals surface area contributed by atoms with Crippen LogP contribution in [0.1, 0.15) is 0 Å². The van der Waals surface area contributed by atoms with Crippen LogP contribution in [0, 0.1) is 0 Å². The zero-order valence-corrected chi connectivity index (χ0v) is 14.0. The first-order valence-corrected chi connectivity index (χ1v) is 8.35. The summed E-state index contributed by atoms with van der Waals surface area (Å²) in [5.41, 5.74) is 0.960. The molecule has 2 amide bonds. The molecule has 3 aromatic rings. The number of carbonyl (C=O) groups is 1. The first kappa shape index (κ1) is 16.7. The maximum atomic E-state index is 12.2. The van der Waals surface area contributed by atoms with Gasteiger partial charge in [0.1, 0.15) is 11.5 Å². The van der Waals surface area contributed by atoms with Crippen molar-refractivity contribution < 1.29 is 15.0 Å². The highest BCUT2D eigenvalue weighted by molar-refractivity contribution is 7.99. The van der Waals surface area contributed by atoms with E-state index in [1.54, 1.807) is 11.8 Å². The predicted octanol–water partition coefficient (Wildman–Crippen LogP) is 4.89. The summed E-state index contributed by atoms with van der Waals surface area (Å²) in [6.07, 6.45) is 0. The smallest absolute Gasteiger partial charge is 0.323 e. The number of hydrogen-bond acceptors (Lipinski definition) is 4. The number of aromatic hydroxyl groups is 2. The van der Waals surface area contributed by atoms with E-state index >= 15 is 0 Å². The third-order valence-corrected chi connectivity index (χ3v) is 4.35. The number of hydrogen-bond donors (Lipinski definition) is 4. The van der Waals surface area contributed by atoms with E-state index in [9.17, 15) is 15.0 Å². The number of benzene rings is 3. The van der Waals surface area contributed by atoms with Gasteiger partial charge in [-0.15, -0.1) is 0 Å². The predicted molar refractivity (Wildman–Crippen MR) is 99.4 cm³/mol. The molecule has 6 heteroatoms. The summed E-state index contributed by atoms with van der Waals surface area (Å²) >= 11 is 1.54. The van der Waals surface area contributed by atoms with Gasteiger partial charge < -0.3 is 20.8 Å². The van der Waals surface area contributed by atoms with Gasteiger partial charge in [0.25, 0.3) is 0 Å². The van der Waals surface area contributed by atoms with Gasteiger partial charge in [-0.25, -0.2) is 4.79 Å². The maximum Gasteiger partial charge on any atom is 0.323 e. The van der Waals surface area contributed by atoms with Crippen LogP contribution in [-0.2, 0) is 0 Å². The van der Waals surface area contributed by atoms with Crippen molar-refractivity contribution in [1.29, 1.82) is 0 Å². The summed E-state index contributed by atoms with van der Waals surface area (Å²) in [6.45, 7) is 0. The highest BCUT2D eigenvalue weighted by Crippen LogP contribution is 2.33. The minimum absolute atomic E-state index is 0.129. The molecular formula is C19H16N2O3S. The molecule has 0 radical (unpaired) electrons. The molecule has 0 atom stereocenters. The molecular weight excluding hydrogens is 336 g/mol. The number of carbonyl (C=O) groups excluding carboxylic acids is 1. The van der Waals surface area contributed by atoms with E-state index in [2.05, 4.69) is 10.6 Å². The summed E-state index contributed by atoms with van der Waals surface area (Å²) in [5, 5.41) is 24.3. The maximum absolute atomic E-state index is 12.2. The van der Waals surface area contributed by atoms with Crippen LogP contribution >= 0.6 is 11.8 Å². The van der Waals surface area contributed by atoms with Crippen LogP contribution in [0.25, 0.3) is 0 Å². The zero-order chi connectivity index (χ0) is 17.6. The van der Waals surface area contributed by atoms with Crippen molar-refractivity contribution in [3.05, 3.63) is 72.8 Å². The van der Waals surface area contributed by atoms with E-state index in [1.165, 1.54) is 18.2 Å². The Morgan fingerprint density at radius 3 is 2.16 bits per heavy atom. The Kier molecular flexibility index (Phi) is 5.11. The summed E-state index contributed by atoms with van der Waals surface area (Å²) in [6, 6.07) is 20.8. The molecule has 0 aliphatic heterocycles. The highest BCUT2D eigenvalue weighted by Gasteiger charge is 2.09.